The number of nitrogens with zero attached hydrogens (tertiary/aromatic N) is 4. The van der Waals surface area contributed by atoms with E-state index in [1.807, 2.05) is 19.4 Å². The van der Waals surface area contributed by atoms with Crippen LogP contribution in [0.2, 0.25) is 0 Å². The lowest BCUT2D eigenvalue weighted by Crippen LogP contribution is -2.36. The van der Waals surface area contributed by atoms with Crippen LogP contribution < -0.4 is 5.32 Å². The summed E-state index contributed by atoms with van der Waals surface area (Å²) in [6.45, 7) is 2.98. The molecule has 0 bridgehead atoms. The molecule has 0 atom stereocenters. The Morgan fingerprint density at radius 2 is 2.37 bits per heavy atom. The number of rotatable bonds is 4. The van der Waals surface area contributed by atoms with E-state index >= 15 is 0 Å². The van der Waals surface area contributed by atoms with Gasteiger partial charge in [-0.2, -0.15) is 5.10 Å². The third-order valence-corrected chi connectivity index (χ3v) is 3.63. The van der Waals surface area contributed by atoms with E-state index in [1.54, 1.807) is 28.3 Å². The highest BCUT2D eigenvalue weighted by Crippen LogP contribution is 2.06. The smallest absolute Gasteiger partial charge is 0.317 e. The van der Waals surface area contributed by atoms with Crippen molar-refractivity contribution in [3.05, 3.63) is 34.0 Å². The van der Waals surface area contributed by atoms with Gasteiger partial charge >= 0.3 is 6.03 Å². The first kappa shape index (κ1) is 13.5. The van der Waals surface area contributed by atoms with Gasteiger partial charge in [0.05, 0.1) is 23.9 Å². The number of nitrogens with one attached hydrogen (secondary N) is 1. The fraction of sp³-hybridized carbons (Fsp3) is 0.417. The lowest BCUT2D eigenvalue weighted by atomic mass is 10.2. The maximum atomic E-state index is 11.9. The fourth-order valence-electron chi connectivity index (χ4n) is 1.65. The Hall–Kier alpha value is -1.89. The lowest BCUT2D eigenvalue weighted by molar-refractivity contribution is 0.206. The first-order chi connectivity index (χ1) is 9.08. The van der Waals surface area contributed by atoms with Crippen LogP contribution in [0.25, 0.3) is 0 Å². The number of aromatic nitrogens is 3. The zero-order chi connectivity index (χ0) is 13.8. The average Bonchev–Trinajstić information content (AvgIpc) is 2.99. The van der Waals surface area contributed by atoms with Crippen molar-refractivity contribution >= 4 is 17.4 Å². The van der Waals surface area contributed by atoms with Crippen molar-refractivity contribution in [2.24, 2.45) is 7.05 Å². The molecular formula is C12H17N5OS. The van der Waals surface area contributed by atoms with E-state index in [0.717, 1.165) is 17.0 Å². The fourth-order valence-corrected chi connectivity index (χ4v) is 2.20. The van der Waals surface area contributed by atoms with Gasteiger partial charge in [0.1, 0.15) is 0 Å². The highest BCUT2D eigenvalue weighted by atomic mass is 32.1. The zero-order valence-electron chi connectivity index (χ0n) is 11.3. The number of hydrogen-bond donors (Lipinski definition) is 1. The van der Waals surface area contributed by atoms with E-state index in [2.05, 4.69) is 15.4 Å². The Labute approximate surface area is 116 Å². The standard InChI is InChI=1S/C12H17N5OS/c1-9-10(5-15-17(9)3)4-13-12(18)16(2)6-11-7-19-8-14-11/h5,7-8H,4,6H2,1-3H3,(H,13,18). The summed E-state index contributed by atoms with van der Waals surface area (Å²) in [7, 11) is 3.64. The summed E-state index contributed by atoms with van der Waals surface area (Å²) in [5.74, 6) is 0. The van der Waals surface area contributed by atoms with Gasteiger partial charge in [-0.1, -0.05) is 0 Å². The Bertz CT molecular complexity index is 548. The molecule has 7 heteroatoms. The molecule has 0 aliphatic rings. The van der Waals surface area contributed by atoms with Gasteiger partial charge in [-0.05, 0) is 6.92 Å². The number of thiazole rings is 1. The maximum absolute atomic E-state index is 11.9. The van der Waals surface area contributed by atoms with Gasteiger partial charge in [0, 0.05) is 37.3 Å². The molecule has 0 fully saturated rings. The van der Waals surface area contributed by atoms with Crippen molar-refractivity contribution in [2.45, 2.75) is 20.0 Å². The van der Waals surface area contributed by atoms with Crippen LogP contribution >= 0.6 is 11.3 Å². The second kappa shape index (κ2) is 5.83. The minimum Gasteiger partial charge on any atom is -0.334 e. The van der Waals surface area contributed by atoms with Crippen molar-refractivity contribution in [3.8, 4) is 0 Å². The predicted molar refractivity (Wildman–Crippen MR) is 73.8 cm³/mol. The van der Waals surface area contributed by atoms with E-state index in [1.165, 1.54) is 11.3 Å². The minimum absolute atomic E-state index is 0.115. The first-order valence-corrected chi connectivity index (χ1v) is 6.85. The quantitative estimate of drug-likeness (QED) is 0.923. The summed E-state index contributed by atoms with van der Waals surface area (Å²) < 4.78 is 1.79. The molecular weight excluding hydrogens is 262 g/mol. The third kappa shape index (κ3) is 3.31. The topological polar surface area (TPSA) is 63.1 Å². The molecule has 0 radical (unpaired) electrons. The number of urea groups is 1. The SMILES string of the molecule is Cc1c(CNC(=O)N(C)Cc2cscn2)cnn1C. The molecule has 0 aromatic carbocycles. The van der Waals surface area contributed by atoms with Gasteiger partial charge in [0.2, 0.25) is 0 Å². The molecule has 2 amide bonds. The average molecular weight is 279 g/mol. The van der Waals surface area contributed by atoms with Crippen LogP contribution in [-0.4, -0.2) is 32.7 Å². The summed E-state index contributed by atoms with van der Waals surface area (Å²) >= 11 is 1.53. The normalized spacial score (nSPS) is 10.5. The van der Waals surface area contributed by atoms with Gasteiger partial charge in [-0.25, -0.2) is 9.78 Å². The molecule has 102 valence electrons. The van der Waals surface area contributed by atoms with Gasteiger partial charge < -0.3 is 10.2 Å². The monoisotopic (exact) mass is 279 g/mol. The molecule has 2 heterocycles. The van der Waals surface area contributed by atoms with Crippen LogP contribution in [0.15, 0.2) is 17.1 Å². The summed E-state index contributed by atoms with van der Waals surface area (Å²) in [6.07, 6.45) is 1.77. The summed E-state index contributed by atoms with van der Waals surface area (Å²) in [5, 5.41) is 8.96. The van der Waals surface area contributed by atoms with Gasteiger partial charge in [0.15, 0.2) is 0 Å². The van der Waals surface area contributed by atoms with Crippen molar-refractivity contribution < 1.29 is 4.79 Å². The van der Waals surface area contributed by atoms with Gasteiger partial charge in [-0.15, -0.1) is 11.3 Å². The molecule has 0 saturated carbocycles. The Morgan fingerprint density at radius 3 is 2.95 bits per heavy atom. The molecule has 0 aliphatic carbocycles. The Kier molecular flexibility index (Phi) is 4.16. The van der Waals surface area contributed by atoms with Crippen LogP contribution in [0.5, 0.6) is 0 Å². The number of amides is 2. The number of aryl methyl sites for hydroxylation is 1. The van der Waals surface area contributed by atoms with E-state index in [4.69, 9.17) is 0 Å². The van der Waals surface area contributed by atoms with E-state index in [-0.39, 0.29) is 6.03 Å². The van der Waals surface area contributed by atoms with Crippen molar-refractivity contribution in [2.75, 3.05) is 7.05 Å². The molecule has 0 saturated heterocycles. The Morgan fingerprint density at radius 1 is 1.58 bits per heavy atom. The number of carbonyl (C=O) groups excluding carboxylic acids is 1. The second-order valence-corrected chi connectivity index (χ2v) is 5.09. The molecule has 2 aromatic rings. The van der Waals surface area contributed by atoms with E-state index < -0.39 is 0 Å². The minimum atomic E-state index is -0.115. The highest BCUT2D eigenvalue weighted by molar-refractivity contribution is 7.07. The van der Waals surface area contributed by atoms with Crippen LogP contribution in [0.4, 0.5) is 4.79 Å². The predicted octanol–water partition coefficient (Wildman–Crippen LogP) is 1.53. The van der Waals surface area contributed by atoms with E-state index in [0.29, 0.717) is 13.1 Å². The lowest BCUT2D eigenvalue weighted by Gasteiger charge is -2.16. The van der Waals surface area contributed by atoms with Crippen LogP contribution in [0.1, 0.15) is 17.0 Å². The molecule has 0 unspecified atom stereocenters. The van der Waals surface area contributed by atoms with Crippen LogP contribution in [-0.2, 0) is 20.1 Å². The number of carbonyl (C=O) groups is 1. The van der Waals surface area contributed by atoms with Crippen LogP contribution in [0.3, 0.4) is 0 Å². The summed E-state index contributed by atoms with van der Waals surface area (Å²) in [4.78, 5) is 17.7. The molecule has 2 rings (SSSR count). The van der Waals surface area contributed by atoms with Crippen molar-refractivity contribution in [1.82, 2.24) is 25.0 Å². The molecule has 2 aromatic heterocycles. The van der Waals surface area contributed by atoms with E-state index in [9.17, 15) is 4.79 Å². The molecule has 1 N–H and O–H groups in total. The maximum Gasteiger partial charge on any atom is 0.317 e. The molecule has 0 aliphatic heterocycles. The third-order valence-electron chi connectivity index (χ3n) is 3.00. The highest BCUT2D eigenvalue weighted by Gasteiger charge is 2.11. The first-order valence-electron chi connectivity index (χ1n) is 5.91. The summed E-state index contributed by atoms with van der Waals surface area (Å²) in [5.41, 5.74) is 4.75. The summed E-state index contributed by atoms with van der Waals surface area (Å²) in [6, 6.07) is -0.115. The molecule has 6 nitrogen and oxygen atoms in total. The number of hydrogen-bond acceptors (Lipinski definition) is 4. The van der Waals surface area contributed by atoms with Gasteiger partial charge in [-0.3, -0.25) is 4.68 Å². The van der Waals surface area contributed by atoms with Gasteiger partial charge in [0.25, 0.3) is 0 Å². The van der Waals surface area contributed by atoms with Crippen molar-refractivity contribution in [1.29, 1.82) is 0 Å². The zero-order valence-corrected chi connectivity index (χ0v) is 12.1. The Balaban J connectivity index is 1.85. The molecule has 0 spiro atoms. The van der Waals surface area contributed by atoms with Crippen LogP contribution in [0, 0.1) is 6.92 Å². The molecule has 19 heavy (non-hydrogen) atoms. The van der Waals surface area contributed by atoms with Crippen molar-refractivity contribution in [3.63, 3.8) is 0 Å². The largest absolute Gasteiger partial charge is 0.334 e. The second-order valence-electron chi connectivity index (χ2n) is 4.37.